The van der Waals surface area contributed by atoms with Gasteiger partial charge >= 0.3 is 0 Å². The van der Waals surface area contributed by atoms with Gasteiger partial charge in [0.1, 0.15) is 5.56 Å². The summed E-state index contributed by atoms with van der Waals surface area (Å²) < 4.78 is 1.42. The number of carbonyl (C=O) groups is 2. The van der Waals surface area contributed by atoms with Crippen molar-refractivity contribution in [2.75, 3.05) is 11.9 Å². The Bertz CT molecular complexity index is 1360. The van der Waals surface area contributed by atoms with Crippen LogP contribution in [0, 0.1) is 6.92 Å². The smallest absolute Gasteiger partial charge is 0.267 e. The molecule has 0 aliphatic heterocycles. The first-order chi connectivity index (χ1) is 16.5. The second-order valence-corrected chi connectivity index (χ2v) is 7.90. The van der Waals surface area contributed by atoms with E-state index in [4.69, 9.17) is 0 Å². The maximum absolute atomic E-state index is 13.0. The number of aryl methyl sites for hydroxylation is 1. The lowest BCUT2D eigenvalue weighted by atomic mass is 10.1. The van der Waals surface area contributed by atoms with Crippen LogP contribution in [0.5, 0.6) is 0 Å². The Morgan fingerprint density at radius 3 is 2.18 bits per heavy atom. The molecule has 0 unspecified atom stereocenters. The number of nitrogens with one attached hydrogen (secondary N) is 2. The Morgan fingerprint density at radius 2 is 1.44 bits per heavy atom. The molecule has 0 radical (unpaired) electrons. The van der Waals surface area contributed by atoms with Gasteiger partial charge in [-0.15, -0.1) is 0 Å². The van der Waals surface area contributed by atoms with Crippen molar-refractivity contribution in [3.63, 3.8) is 0 Å². The van der Waals surface area contributed by atoms with E-state index >= 15 is 0 Å². The lowest BCUT2D eigenvalue weighted by Crippen LogP contribution is -2.33. The molecular weight excluding hydrogens is 426 g/mol. The molecular formula is C28H25N3O3. The van der Waals surface area contributed by atoms with Crippen LogP contribution in [0.3, 0.4) is 0 Å². The van der Waals surface area contributed by atoms with Crippen molar-refractivity contribution in [2.45, 2.75) is 13.3 Å². The number of carbonyl (C=O) groups excluding carboxylic acids is 2. The molecule has 2 amide bonds. The minimum atomic E-state index is -0.406. The van der Waals surface area contributed by atoms with Crippen LogP contribution in [-0.4, -0.2) is 22.9 Å². The lowest BCUT2D eigenvalue weighted by Gasteiger charge is -2.11. The van der Waals surface area contributed by atoms with Crippen molar-refractivity contribution in [2.24, 2.45) is 0 Å². The van der Waals surface area contributed by atoms with Gasteiger partial charge in [-0.3, -0.25) is 19.0 Å². The number of hydrogen-bond acceptors (Lipinski definition) is 3. The van der Waals surface area contributed by atoms with Gasteiger partial charge in [-0.25, -0.2) is 0 Å². The largest absolute Gasteiger partial charge is 0.352 e. The summed E-state index contributed by atoms with van der Waals surface area (Å²) in [5.41, 5.74) is 3.49. The normalized spacial score (nSPS) is 10.5. The molecule has 0 aliphatic carbocycles. The summed E-state index contributed by atoms with van der Waals surface area (Å²) in [6.07, 6.45) is 2.30. The molecule has 6 nitrogen and oxygen atoms in total. The van der Waals surface area contributed by atoms with E-state index in [-0.39, 0.29) is 11.5 Å². The van der Waals surface area contributed by atoms with Crippen LogP contribution in [0.4, 0.5) is 5.69 Å². The summed E-state index contributed by atoms with van der Waals surface area (Å²) in [6.45, 7) is 2.32. The minimum Gasteiger partial charge on any atom is -0.352 e. The number of benzene rings is 3. The SMILES string of the molecule is Cc1ccccc1C(=O)Nc1ccc(-n2cccc(C(=O)NCCc3ccccc3)c2=O)cc1. The van der Waals surface area contributed by atoms with E-state index in [1.54, 1.807) is 42.6 Å². The predicted molar refractivity (Wildman–Crippen MR) is 134 cm³/mol. The van der Waals surface area contributed by atoms with Gasteiger partial charge in [-0.2, -0.15) is 0 Å². The van der Waals surface area contributed by atoms with Gasteiger partial charge in [0.15, 0.2) is 0 Å². The summed E-state index contributed by atoms with van der Waals surface area (Å²) in [7, 11) is 0. The van der Waals surface area contributed by atoms with Crippen LogP contribution >= 0.6 is 0 Å². The number of pyridine rings is 1. The molecule has 0 saturated carbocycles. The predicted octanol–water partition coefficient (Wildman–Crippen LogP) is 4.37. The Labute approximate surface area is 197 Å². The van der Waals surface area contributed by atoms with Crippen molar-refractivity contribution in [3.8, 4) is 5.69 Å². The van der Waals surface area contributed by atoms with Crippen molar-refractivity contribution in [3.05, 3.63) is 130 Å². The zero-order valence-corrected chi connectivity index (χ0v) is 18.8. The Hall–Kier alpha value is -4.45. The fraction of sp³-hybridized carbons (Fsp3) is 0.107. The summed E-state index contributed by atoms with van der Waals surface area (Å²) in [4.78, 5) is 38.1. The van der Waals surface area contributed by atoms with E-state index < -0.39 is 11.5 Å². The molecule has 0 fully saturated rings. The Balaban J connectivity index is 1.44. The molecule has 1 aromatic heterocycles. The highest BCUT2D eigenvalue weighted by Crippen LogP contribution is 2.15. The molecule has 170 valence electrons. The maximum atomic E-state index is 13.0. The standard InChI is InChI=1S/C28H25N3O3/c1-20-8-5-6-11-24(20)27(33)30-22-13-15-23(16-14-22)31-19-7-12-25(28(31)34)26(32)29-18-17-21-9-3-2-4-10-21/h2-16,19H,17-18H2,1H3,(H,29,32)(H,30,33). The van der Waals surface area contributed by atoms with E-state index in [0.717, 1.165) is 11.1 Å². The molecule has 3 aromatic carbocycles. The highest BCUT2D eigenvalue weighted by molar-refractivity contribution is 6.05. The second kappa shape index (κ2) is 10.4. The van der Waals surface area contributed by atoms with E-state index in [1.807, 2.05) is 55.5 Å². The van der Waals surface area contributed by atoms with Crippen molar-refractivity contribution >= 4 is 17.5 Å². The van der Waals surface area contributed by atoms with Gasteiger partial charge in [-0.05, 0) is 66.9 Å². The fourth-order valence-electron chi connectivity index (χ4n) is 3.66. The lowest BCUT2D eigenvalue weighted by molar-refractivity contribution is 0.0951. The van der Waals surface area contributed by atoms with Crippen molar-refractivity contribution in [1.29, 1.82) is 0 Å². The van der Waals surface area contributed by atoms with E-state index in [9.17, 15) is 14.4 Å². The van der Waals surface area contributed by atoms with Crippen LogP contribution in [0.15, 0.2) is 102 Å². The van der Waals surface area contributed by atoms with Gasteiger partial charge in [0.05, 0.1) is 0 Å². The number of anilines is 1. The van der Waals surface area contributed by atoms with Crippen LogP contribution in [0.25, 0.3) is 5.69 Å². The zero-order chi connectivity index (χ0) is 23.9. The molecule has 0 atom stereocenters. The molecule has 4 rings (SSSR count). The van der Waals surface area contributed by atoms with Gasteiger partial charge in [0.25, 0.3) is 17.4 Å². The monoisotopic (exact) mass is 451 g/mol. The molecule has 2 N–H and O–H groups in total. The summed E-state index contributed by atoms with van der Waals surface area (Å²) >= 11 is 0. The minimum absolute atomic E-state index is 0.0764. The summed E-state index contributed by atoms with van der Waals surface area (Å²) in [5.74, 6) is -0.602. The Kier molecular flexibility index (Phi) is 6.98. The molecule has 0 bridgehead atoms. The third-order valence-electron chi connectivity index (χ3n) is 5.53. The first kappa shape index (κ1) is 22.7. The van der Waals surface area contributed by atoms with Gasteiger partial charge in [0.2, 0.25) is 0 Å². The average molecular weight is 452 g/mol. The van der Waals surface area contributed by atoms with Crippen LogP contribution < -0.4 is 16.2 Å². The maximum Gasteiger partial charge on any atom is 0.267 e. The molecule has 6 heteroatoms. The number of rotatable bonds is 7. The number of nitrogens with zero attached hydrogens (tertiary/aromatic N) is 1. The number of hydrogen-bond donors (Lipinski definition) is 2. The zero-order valence-electron chi connectivity index (χ0n) is 18.8. The highest BCUT2D eigenvalue weighted by atomic mass is 16.2. The fourth-order valence-corrected chi connectivity index (χ4v) is 3.66. The van der Waals surface area contributed by atoms with E-state index in [1.165, 1.54) is 10.6 Å². The number of aromatic nitrogens is 1. The first-order valence-electron chi connectivity index (χ1n) is 11.0. The number of amides is 2. The molecule has 0 spiro atoms. The third-order valence-corrected chi connectivity index (χ3v) is 5.53. The quantitative estimate of drug-likeness (QED) is 0.438. The van der Waals surface area contributed by atoms with Crippen LogP contribution in [-0.2, 0) is 6.42 Å². The first-order valence-corrected chi connectivity index (χ1v) is 11.0. The highest BCUT2D eigenvalue weighted by Gasteiger charge is 2.13. The third kappa shape index (κ3) is 5.30. The van der Waals surface area contributed by atoms with Gasteiger partial charge in [0, 0.05) is 29.7 Å². The molecule has 0 saturated heterocycles. The molecule has 4 aromatic rings. The van der Waals surface area contributed by atoms with E-state index in [0.29, 0.717) is 29.9 Å². The van der Waals surface area contributed by atoms with Gasteiger partial charge < -0.3 is 10.6 Å². The molecule has 34 heavy (non-hydrogen) atoms. The molecule has 0 aliphatic rings. The summed E-state index contributed by atoms with van der Waals surface area (Å²) in [6, 6.07) is 27.3. The Morgan fingerprint density at radius 1 is 0.765 bits per heavy atom. The van der Waals surface area contributed by atoms with Crippen LogP contribution in [0.1, 0.15) is 31.8 Å². The molecule has 1 heterocycles. The van der Waals surface area contributed by atoms with Crippen molar-refractivity contribution in [1.82, 2.24) is 9.88 Å². The van der Waals surface area contributed by atoms with Crippen molar-refractivity contribution < 1.29 is 9.59 Å². The second-order valence-electron chi connectivity index (χ2n) is 7.90. The van der Waals surface area contributed by atoms with E-state index in [2.05, 4.69) is 10.6 Å². The summed E-state index contributed by atoms with van der Waals surface area (Å²) in [5, 5.41) is 5.69. The van der Waals surface area contributed by atoms with Gasteiger partial charge in [-0.1, -0.05) is 48.5 Å². The van der Waals surface area contributed by atoms with Crippen LogP contribution in [0.2, 0.25) is 0 Å². The topological polar surface area (TPSA) is 80.2 Å². The average Bonchev–Trinajstić information content (AvgIpc) is 2.85.